The number of aromatic amines is 1. The number of fused-ring (bicyclic) bond motifs is 3. The zero-order valence-electron chi connectivity index (χ0n) is 9.28. The van der Waals surface area contributed by atoms with E-state index in [2.05, 4.69) is 15.1 Å². The molecule has 0 aliphatic heterocycles. The summed E-state index contributed by atoms with van der Waals surface area (Å²) in [6, 6.07) is 1.70. The highest BCUT2D eigenvalue weighted by atomic mass is 35.5. The minimum Gasteiger partial charge on any atom is -0.310 e. The van der Waals surface area contributed by atoms with E-state index in [1.165, 1.54) is 0 Å². The standard InChI is InChI=1S/C11H9ClN4O/c1-5-14-8-3-7(12)10-6(4-13-16(10)2)9(8)11(17)15-5/h3-4H,1-2H3,(H,14,15,17). The predicted molar refractivity (Wildman–Crippen MR) is 66.4 cm³/mol. The van der Waals surface area contributed by atoms with Gasteiger partial charge in [-0.25, -0.2) is 4.98 Å². The Bertz CT molecular complexity index is 802. The first-order valence-corrected chi connectivity index (χ1v) is 5.46. The van der Waals surface area contributed by atoms with Gasteiger partial charge in [0.05, 0.1) is 27.6 Å². The Morgan fingerprint density at radius 3 is 3.00 bits per heavy atom. The van der Waals surface area contributed by atoms with Gasteiger partial charge in [0.15, 0.2) is 0 Å². The molecule has 2 aromatic heterocycles. The second-order valence-electron chi connectivity index (χ2n) is 3.93. The van der Waals surface area contributed by atoms with Crippen molar-refractivity contribution in [2.24, 2.45) is 7.05 Å². The van der Waals surface area contributed by atoms with Crippen LogP contribution in [0.25, 0.3) is 21.8 Å². The smallest absolute Gasteiger partial charge is 0.259 e. The number of rotatable bonds is 0. The number of aromatic nitrogens is 4. The minimum atomic E-state index is -0.165. The Labute approximate surface area is 101 Å². The first kappa shape index (κ1) is 10.3. The molecule has 5 nitrogen and oxygen atoms in total. The molecule has 0 aliphatic carbocycles. The van der Waals surface area contributed by atoms with E-state index in [0.717, 1.165) is 10.9 Å². The number of hydrogen-bond acceptors (Lipinski definition) is 3. The van der Waals surface area contributed by atoms with Crippen LogP contribution in [0.15, 0.2) is 17.1 Å². The lowest BCUT2D eigenvalue weighted by atomic mass is 10.1. The number of nitrogens with zero attached hydrogens (tertiary/aromatic N) is 3. The van der Waals surface area contributed by atoms with Crippen molar-refractivity contribution in [3.8, 4) is 0 Å². The van der Waals surface area contributed by atoms with Gasteiger partial charge in [-0.15, -0.1) is 0 Å². The summed E-state index contributed by atoms with van der Waals surface area (Å²) in [5.74, 6) is 0.571. The molecule has 1 N–H and O–H groups in total. The first-order valence-electron chi connectivity index (χ1n) is 5.09. The molecule has 0 saturated carbocycles. The molecule has 0 radical (unpaired) electrons. The van der Waals surface area contributed by atoms with Crippen molar-refractivity contribution in [1.29, 1.82) is 0 Å². The highest BCUT2D eigenvalue weighted by molar-refractivity contribution is 6.36. The summed E-state index contributed by atoms with van der Waals surface area (Å²) in [4.78, 5) is 18.9. The number of nitrogens with one attached hydrogen (secondary N) is 1. The van der Waals surface area contributed by atoms with Gasteiger partial charge in [0, 0.05) is 12.4 Å². The number of aryl methyl sites for hydroxylation is 2. The molecule has 0 aliphatic rings. The Morgan fingerprint density at radius 1 is 1.47 bits per heavy atom. The van der Waals surface area contributed by atoms with Crippen LogP contribution in [0.3, 0.4) is 0 Å². The molecular formula is C11H9ClN4O. The molecule has 3 aromatic rings. The van der Waals surface area contributed by atoms with Crippen molar-refractivity contribution in [3.63, 3.8) is 0 Å². The van der Waals surface area contributed by atoms with E-state index in [4.69, 9.17) is 11.6 Å². The lowest BCUT2D eigenvalue weighted by Crippen LogP contribution is -2.10. The van der Waals surface area contributed by atoms with Crippen LogP contribution in [0.5, 0.6) is 0 Å². The molecule has 0 atom stereocenters. The Morgan fingerprint density at radius 2 is 2.24 bits per heavy atom. The molecule has 1 aromatic carbocycles. The van der Waals surface area contributed by atoms with Crippen LogP contribution in [0.4, 0.5) is 0 Å². The van der Waals surface area contributed by atoms with Gasteiger partial charge >= 0.3 is 0 Å². The van der Waals surface area contributed by atoms with Gasteiger partial charge in [0.25, 0.3) is 5.56 Å². The molecule has 0 unspecified atom stereocenters. The summed E-state index contributed by atoms with van der Waals surface area (Å²) in [5.41, 5.74) is 1.18. The Balaban J connectivity index is 2.69. The maximum Gasteiger partial charge on any atom is 0.259 e. The highest BCUT2D eigenvalue weighted by Crippen LogP contribution is 2.28. The van der Waals surface area contributed by atoms with Gasteiger partial charge in [-0.1, -0.05) is 11.6 Å². The van der Waals surface area contributed by atoms with E-state index < -0.39 is 0 Å². The molecule has 86 valence electrons. The average molecular weight is 249 g/mol. The number of halogens is 1. The van der Waals surface area contributed by atoms with E-state index in [1.807, 2.05) is 0 Å². The fourth-order valence-electron chi connectivity index (χ4n) is 2.06. The molecule has 0 spiro atoms. The van der Waals surface area contributed by atoms with Crippen LogP contribution >= 0.6 is 11.6 Å². The van der Waals surface area contributed by atoms with E-state index in [-0.39, 0.29) is 5.56 Å². The van der Waals surface area contributed by atoms with Crippen molar-refractivity contribution in [2.75, 3.05) is 0 Å². The van der Waals surface area contributed by atoms with Crippen molar-refractivity contribution in [1.82, 2.24) is 19.7 Å². The normalized spacial score (nSPS) is 11.5. The SMILES string of the molecule is Cc1nc2cc(Cl)c3c(cnn3C)c2c(=O)[nH]1. The number of H-pyrrole nitrogens is 1. The van der Waals surface area contributed by atoms with Crippen LogP contribution in [0, 0.1) is 6.92 Å². The third-order valence-corrected chi connectivity index (χ3v) is 3.05. The summed E-state index contributed by atoms with van der Waals surface area (Å²) >= 11 is 6.17. The van der Waals surface area contributed by atoms with Crippen LogP contribution in [-0.4, -0.2) is 19.7 Å². The quantitative estimate of drug-likeness (QED) is 0.660. The predicted octanol–water partition coefficient (Wildman–Crippen LogP) is 1.77. The van der Waals surface area contributed by atoms with Gasteiger partial charge in [-0.05, 0) is 13.0 Å². The second-order valence-corrected chi connectivity index (χ2v) is 4.34. The summed E-state index contributed by atoms with van der Waals surface area (Å²) < 4.78 is 1.65. The van der Waals surface area contributed by atoms with E-state index >= 15 is 0 Å². The Kier molecular flexibility index (Phi) is 2.00. The summed E-state index contributed by atoms with van der Waals surface area (Å²) in [7, 11) is 1.79. The number of benzene rings is 1. The number of hydrogen-bond donors (Lipinski definition) is 1. The van der Waals surface area contributed by atoms with Gasteiger partial charge in [0.1, 0.15) is 5.82 Å². The third-order valence-electron chi connectivity index (χ3n) is 2.76. The van der Waals surface area contributed by atoms with E-state index in [0.29, 0.717) is 21.7 Å². The Hall–Kier alpha value is -1.88. The van der Waals surface area contributed by atoms with Crippen molar-refractivity contribution in [3.05, 3.63) is 33.5 Å². The zero-order chi connectivity index (χ0) is 12.2. The maximum absolute atomic E-state index is 12.0. The largest absolute Gasteiger partial charge is 0.310 e. The van der Waals surface area contributed by atoms with Gasteiger partial charge < -0.3 is 4.98 Å². The highest BCUT2D eigenvalue weighted by Gasteiger charge is 2.13. The van der Waals surface area contributed by atoms with Crippen LogP contribution in [-0.2, 0) is 7.05 Å². The van der Waals surface area contributed by atoms with E-state index in [1.54, 1.807) is 30.9 Å². The van der Waals surface area contributed by atoms with Crippen molar-refractivity contribution >= 4 is 33.4 Å². The van der Waals surface area contributed by atoms with Crippen molar-refractivity contribution < 1.29 is 0 Å². The van der Waals surface area contributed by atoms with Crippen molar-refractivity contribution in [2.45, 2.75) is 6.92 Å². The topological polar surface area (TPSA) is 63.6 Å². The average Bonchev–Trinajstić information content (AvgIpc) is 2.59. The molecule has 6 heteroatoms. The molecular weight excluding hydrogens is 240 g/mol. The molecule has 2 heterocycles. The van der Waals surface area contributed by atoms with Crippen LogP contribution < -0.4 is 5.56 Å². The second kappa shape index (κ2) is 3.30. The molecule has 0 amide bonds. The fraction of sp³-hybridized carbons (Fsp3) is 0.182. The zero-order valence-corrected chi connectivity index (χ0v) is 10.0. The molecule has 0 saturated heterocycles. The fourth-order valence-corrected chi connectivity index (χ4v) is 2.39. The van der Waals surface area contributed by atoms with Gasteiger partial charge in [0.2, 0.25) is 0 Å². The first-order chi connectivity index (χ1) is 8.08. The van der Waals surface area contributed by atoms with Crippen LogP contribution in [0.2, 0.25) is 5.02 Å². The van der Waals surface area contributed by atoms with Crippen LogP contribution in [0.1, 0.15) is 5.82 Å². The van der Waals surface area contributed by atoms with Gasteiger partial charge in [-0.2, -0.15) is 5.10 Å². The van der Waals surface area contributed by atoms with E-state index in [9.17, 15) is 4.79 Å². The molecule has 0 bridgehead atoms. The molecule has 0 fully saturated rings. The lowest BCUT2D eigenvalue weighted by Gasteiger charge is -2.02. The molecule has 17 heavy (non-hydrogen) atoms. The lowest BCUT2D eigenvalue weighted by molar-refractivity contribution is 0.797. The monoisotopic (exact) mass is 248 g/mol. The third kappa shape index (κ3) is 1.36. The summed E-state index contributed by atoms with van der Waals surface area (Å²) in [6.45, 7) is 1.74. The molecule has 3 rings (SSSR count). The summed E-state index contributed by atoms with van der Waals surface area (Å²) in [6.07, 6.45) is 1.63. The maximum atomic E-state index is 12.0. The minimum absolute atomic E-state index is 0.165. The summed E-state index contributed by atoms with van der Waals surface area (Å²) in [5, 5.41) is 5.92. The van der Waals surface area contributed by atoms with Gasteiger partial charge in [-0.3, -0.25) is 9.48 Å².